The van der Waals surface area contributed by atoms with E-state index in [0.717, 1.165) is 5.56 Å². The van der Waals surface area contributed by atoms with Crippen LogP contribution >= 0.6 is 11.6 Å². The number of halogens is 2. The molecule has 0 radical (unpaired) electrons. The minimum absolute atomic E-state index is 0.252. The van der Waals surface area contributed by atoms with Crippen LogP contribution < -0.4 is 4.90 Å². The molecule has 0 bridgehead atoms. The van der Waals surface area contributed by atoms with Gasteiger partial charge in [0.05, 0.1) is 24.9 Å². The van der Waals surface area contributed by atoms with Crippen molar-refractivity contribution in [1.82, 2.24) is 0 Å². The van der Waals surface area contributed by atoms with E-state index in [1.54, 1.807) is 12.1 Å². The molecule has 1 aliphatic rings. The maximum Gasteiger partial charge on any atom is 0.161 e. The van der Waals surface area contributed by atoms with E-state index in [1.807, 2.05) is 11.0 Å². The Balaban J connectivity index is 2.30. The number of nitriles is 1. The standard InChI is InChI=1S/C12H12ClFN2O/c13-6-9-2-1-3-11(14)12(9)16-4-5-17-10(7-15)8-16/h1-3,10H,4-6,8H2. The SMILES string of the molecule is N#CC1CN(c2c(F)cccc2CCl)CCO1. The molecule has 1 aliphatic heterocycles. The average Bonchev–Trinajstić information content (AvgIpc) is 2.38. The normalized spacial score (nSPS) is 20.1. The maximum absolute atomic E-state index is 13.8. The molecule has 0 aliphatic carbocycles. The van der Waals surface area contributed by atoms with Crippen molar-refractivity contribution in [3.8, 4) is 6.07 Å². The van der Waals surface area contributed by atoms with Crippen molar-refractivity contribution in [3.05, 3.63) is 29.6 Å². The monoisotopic (exact) mass is 254 g/mol. The van der Waals surface area contributed by atoms with Crippen molar-refractivity contribution in [1.29, 1.82) is 5.26 Å². The summed E-state index contributed by atoms with van der Waals surface area (Å²) in [6.45, 7) is 1.37. The Morgan fingerprint density at radius 3 is 3.12 bits per heavy atom. The largest absolute Gasteiger partial charge is 0.363 e. The lowest BCUT2D eigenvalue weighted by molar-refractivity contribution is 0.0761. The Hall–Kier alpha value is -1.31. The Kier molecular flexibility index (Phi) is 3.82. The van der Waals surface area contributed by atoms with Gasteiger partial charge in [-0.1, -0.05) is 12.1 Å². The van der Waals surface area contributed by atoms with E-state index in [0.29, 0.717) is 25.4 Å². The molecule has 90 valence electrons. The van der Waals surface area contributed by atoms with Gasteiger partial charge in [0, 0.05) is 12.4 Å². The van der Waals surface area contributed by atoms with Gasteiger partial charge in [0.25, 0.3) is 0 Å². The van der Waals surface area contributed by atoms with Crippen molar-refractivity contribution in [2.45, 2.75) is 12.0 Å². The molecule has 0 amide bonds. The fourth-order valence-corrected chi connectivity index (χ4v) is 2.17. The van der Waals surface area contributed by atoms with Gasteiger partial charge in [-0.15, -0.1) is 11.6 Å². The van der Waals surface area contributed by atoms with E-state index in [1.165, 1.54) is 6.07 Å². The Morgan fingerprint density at radius 2 is 2.41 bits per heavy atom. The molecule has 2 rings (SSSR count). The molecule has 1 atom stereocenters. The fourth-order valence-electron chi connectivity index (χ4n) is 1.95. The third kappa shape index (κ3) is 2.51. The molecule has 0 aromatic heterocycles. The van der Waals surface area contributed by atoms with E-state index in [2.05, 4.69) is 0 Å². The third-order valence-corrected chi connectivity index (χ3v) is 3.03. The van der Waals surface area contributed by atoms with Crippen LogP contribution in [0.25, 0.3) is 0 Å². The topological polar surface area (TPSA) is 36.3 Å². The van der Waals surface area contributed by atoms with Gasteiger partial charge in [-0.25, -0.2) is 4.39 Å². The summed E-state index contributed by atoms with van der Waals surface area (Å²) in [6.07, 6.45) is -0.508. The summed E-state index contributed by atoms with van der Waals surface area (Å²) in [5.41, 5.74) is 1.23. The van der Waals surface area contributed by atoms with Crippen LogP contribution in [0.15, 0.2) is 18.2 Å². The van der Waals surface area contributed by atoms with Crippen molar-refractivity contribution in [2.24, 2.45) is 0 Å². The fraction of sp³-hybridized carbons (Fsp3) is 0.417. The lowest BCUT2D eigenvalue weighted by atomic mass is 10.1. The zero-order valence-electron chi connectivity index (χ0n) is 9.20. The number of anilines is 1. The molecule has 1 saturated heterocycles. The summed E-state index contributed by atoms with van der Waals surface area (Å²) < 4.78 is 19.1. The zero-order valence-corrected chi connectivity index (χ0v) is 9.95. The summed E-state index contributed by atoms with van der Waals surface area (Å²) in [5.74, 6) is -0.0523. The van der Waals surface area contributed by atoms with Gasteiger partial charge in [-0.3, -0.25) is 0 Å². The summed E-state index contributed by atoms with van der Waals surface area (Å²) >= 11 is 5.80. The highest BCUT2D eigenvalue weighted by Gasteiger charge is 2.23. The second-order valence-electron chi connectivity index (χ2n) is 3.82. The lowest BCUT2D eigenvalue weighted by Gasteiger charge is -2.33. The van der Waals surface area contributed by atoms with Gasteiger partial charge in [0.15, 0.2) is 6.10 Å². The first kappa shape index (κ1) is 12.2. The third-order valence-electron chi connectivity index (χ3n) is 2.74. The average molecular weight is 255 g/mol. The number of para-hydroxylation sites is 1. The molecule has 5 heteroatoms. The summed E-state index contributed by atoms with van der Waals surface area (Å²) in [6, 6.07) is 6.88. The van der Waals surface area contributed by atoms with Crippen LogP contribution in [-0.4, -0.2) is 25.8 Å². The van der Waals surface area contributed by atoms with E-state index in [9.17, 15) is 4.39 Å². The van der Waals surface area contributed by atoms with E-state index >= 15 is 0 Å². The minimum atomic E-state index is -0.508. The molecule has 17 heavy (non-hydrogen) atoms. The predicted molar refractivity (Wildman–Crippen MR) is 63.5 cm³/mol. The Morgan fingerprint density at radius 1 is 1.59 bits per heavy atom. The van der Waals surface area contributed by atoms with Crippen LogP contribution in [-0.2, 0) is 10.6 Å². The van der Waals surface area contributed by atoms with Crippen LogP contribution in [0.3, 0.4) is 0 Å². The molecule has 0 saturated carbocycles. The van der Waals surface area contributed by atoms with Gasteiger partial charge in [-0.05, 0) is 11.6 Å². The van der Waals surface area contributed by atoms with Crippen LogP contribution in [0, 0.1) is 17.1 Å². The summed E-state index contributed by atoms with van der Waals surface area (Å²) in [4.78, 5) is 1.82. The molecule has 0 spiro atoms. The predicted octanol–water partition coefficient (Wildman–Crippen LogP) is 2.29. The first-order valence-corrected chi connectivity index (χ1v) is 5.89. The molecular formula is C12H12ClFN2O. The van der Waals surface area contributed by atoms with Gasteiger partial charge in [0.2, 0.25) is 0 Å². The first-order chi connectivity index (χ1) is 8.26. The smallest absolute Gasteiger partial charge is 0.161 e. The van der Waals surface area contributed by atoms with Gasteiger partial charge >= 0.3 is 0 Å². The second kappa shape index (κ2) is 5.35. The first-order valence-electron chi connectivity index (χ1n) is 5.35. The van der Waals surface area contributed by atoms with Gasteiger partial charge < -0.3 is 9.64 Å². The highest BCUT2D eigenvalue weighted by Crippen LogP contribution is 2.27. The van der Waals surface area contributed by atoms with E-state index < -0.39 is 6.10 Å². The van der Waals surface area contributed by atoms with Crippen molar-refractivity contribution < 1.29 is 9.13 Å². The van der Waals surface area contributed by atoms with Gasteiger partial charge in [0.1, 0.15) is 5.82 Å². The molecular weight excluding hydrogens is 243 g/mol. The highest BCUT2D eigenvalue weighted by molar-refractivity contribution is 6.17. The highest BCUT2D eigenvalue weighted by atomic mass is 35.5. The number of rotatable bonds is 2. The van der Waals surface area contributed by atoms with Crippen LogP contribution in [0.1, 0.15) is 5.56 Å². The molecule has 1 unspecified atom stereocenters. The maximum atomic E-state index is 13.8. The minimum Gasteiger partial charge on any atom is -0.363 e. The number of benzene rings is 1. The van der Waals surface area contributed by atoms with Crippen LogP contribution in [0.2, 0.25) is 0 Å². The summed E-state index contributed by atoms with van der Waals surface area (Å²) in [5, 5.41) is 8.83. The molecule has 1 aromatic rings. The number of nitrogens with zero attached hydrogens (tertiary/aromatic N) is 2. The number of alkyl halides is 1. The zero-order chi connectivity index (χ0) is 12.3. The number of hydrogen-bond donors (Lipinski definition) is 0. The molecule has 1 fully saturated rings. The Bertz CT molecular complexity index is 447. The number of morpholine rings is 1. The molecule has 1 aromatic carbocycles. The molecule has 3 nitrogen and oxygen atoms in total. The quantitative estimate of drug-likeness (QED) is 0.760. The lowest BCUT2D eigenvalue weighted by Crippen LogP contribution is -2.42. The van der Waals surface area contributed by atoms with E-state index in [4.69, 9.17) is 21.6 Å². The van der Waals surface area contributed by atoms with E-state index in [-0.39, 0.29) is 11.7 Å². The van der Waals surface area contributed by atoms with Crippen molar-refractivity contribution in [2.75, 3.05) is 24.6 Å². The van der Waals surface area contributed by atoms with Crippen LogP contribution in [0.4, 0.5) is 10.1 Å². The second-order valence-corrected chi connectivity index (χ2v) is 4.08. The van der Waals surface area contributed by atoms with Crippen molar-refractivity contribution in [3.63, 3.8) is 0 Å². The van der Waals surface area contributed by atoms with Gasteiger partial charge in [-0.2, -0.15) is 5.26 Å². The number of ether oxygens (including phenoxy) is 1. The summed E-state index contributed by atoms with van der Waals surface area (Å²) in [7, 11) is 0. The Labute approximate surface area is 104 Å². The molecule has 1 heterocycles. The van der Waals surface area contributed by atoms with Crippen molar-refractivity contribution >= 4 is 17.3 Å². The van der Waals surface area contributed by atoms with Crippen LogP contribution in [0.5, 0.6) is 0 Å². The number of hydrogen-bond acceptors (Lipinski definition) is 3. The molecule has 0 N–H and O–H groups in total.